The molecule has 1 amide bonds. The highest BCUT2D eigenvalue weighted by Gasteiger charge is 2.37. The van der Waals surface area contributed by atoms with Gasteiger partial charge in [0.1, 0.15) is 11.9 Å². The van der Waals surface area contributed by atoms with Crippen molar-refractivity contribution in [1.29, 1.82) is 0 Å². The lowest BCUT2D eigenvalue weighted by molar-refractivity contribution is -0.151. The zero-order valence-electron chi connectivity index (χ0n) is 20.5. The van der Waals surface area contributed by atoms with E-state index in [-0.39, 0.29) is 34.6 Å². The number of Topliss-reactive ketones (excluding diaryl/α,β-unsaturated/α-hetero) is 1. The predicted molar refractivity (Wildman–Crippen MR) is 128 cm³/mol. The van der Waals surface area contributed by atoms with E-state index in [4.69, 9.17) is 16.2 Å². The largest absolute Gasteiger partial charge is 0.460 e. The number of nitrogens with zero attached hydrogens (tertiary/aromatic N) is 4. The number of anilines is 1. The van der Waals surface area contributed by atoms with Gasteiger partial charge < -0.3 is 21.5 Å². The van der Waals surface area contributed by atoms with E-state index >= 15 is 0 Å². The van der Waals surface area contributed by atoms with Crippen LogP contribution in [0, 0.1) is 5.41 Å². The lowest BCUT2D eigenvalue weighted by atomic mass is 9.75. The Morgan fingerprint density at radius 1 is 1.26 bits per heavy atom. The Hall–Kier alpha value is -3.34. The Balaban J connectivity index is 1.66. The molecule has 1 saturated carbocycles. The summed E-state index contributed by atoms with van der Waals surface area (Å²) >= 11 is 0. The first kappa shape index (κ1) is 24.8. The summed E-state index contributed by atoms with van der Waals surface area (Å²) in [6, 6.07) is 0. The molecule has 0 aromatic carbocycles. The van der Waals surface area contributed by atoms with Crippen LogP contribution in [0.2, 0.25) is 0 Å². The predicted octanol–water partition coefficient (Wildman–Crippen LogP) is 2.05. The van der Waals surface area contributed by atoms with Gasteiger partial charge in [0.15, 0.2) is 11.9 Å². The minimum absolute atomic E-state index is 0.000659. The van der Waals surface area contributed by atoms with Crippen molar-refractivity contribution in [2.75, 3.05) is 5.32 Å². The number of carbonyl (C=O) groups is 3. The van der Waals surface area contributed by atoms with Crippen molar-refractivity contribution in [3.63, 3.8) is 0 Å². The fourth-order valence-electron chi connectivity index (χ4n) is 4.83. The molecule has 1 atom stereocenters. The van der Waals surface area contributed by atoms with Gasteiger partial charge in [-0.25, -0.2) is 14.5 Å². The molecule has 188 valence electrons. The standard InChI is InChI=1S/C24H33N7O4/c1-4-15-18-16(10-24(2,3)11-17(18)32)31(30-15)23-27-12-14(20(26)33)21(29-23)28-19(25)22(34)35-13-8-6-5-7-9-13/h12-13,19H,4-11,25H2,1-3H3,(H2,26,33)(H,27,28,29). The third kappa shape index (κ3) is 5.19. The number of fused-ring (bicyclic) bond motifs is 1. The topological polar surface area (TPSA) is 168 Å². The molecule has 0 radical (unpaired) electrons. The highest BCUT2D eigenvalue weighted by Crippen LogP contribution is 2.37. The van der Waals surface area contributed by atoms with Crippen molar-refractivity contribution in [1.82, 2.24) is 19.7 Å². The highest BCUT2D eigenvalue weighted by molar-refractivity contribution is 6.00. The number of hydrogen-bond donors (Lipinski definition) is 3. The molecule has 0 aliphatic heterocycles. The maximum Gasteiger partial charge on any atom is 0.343 e. The fraction of sp³-hybridized carbons (Fsp3) is 0.583. The number of nitrogens with one attached hydrogen (secondary N) is 1. The summed E-state index contributed by atoms with van der Waals surface area (Å²) in [5.74, 6) is -1.23. The molecule has 4 rings (SSSR count). The summed E-state index contributed by atoms with van der Waals surface area (Å²) in [4.78, 5) is 46.2. The van der Waals surface area contributed by atoms with Gasteiger partial charge in [0.25, 0.3) is 11.9 Å². The van der Waals surface area contributed by atoms with Gasteiger partial charge >= 0.3 is 5.97 Å². The number of nitrogens with two attached hydrogens (primary N) is 2. The minimum Gasteiger partial charge on any atom is -0.460 e. The summed E-state index contributed by atoms with van der Waals surface area (Å²) in [5.41, 5.74) is 13.3. The molecule has 2 aliphatic carbocycles. The summed E-state index contributed by atoms with van der Waals surface area (Å²) in [5, 5.41) is 7.37. The first-order valence-corrected chi connectivity index (χ1v) is 12.1. The number of aryl methyl sites for hydroxylation is 1. The first-order chi connectivity index (χ1) is 16.6. The highest BCUT2D eigenvalue weighted by atomic mass is 16.5. The van der Waals surface area contributed by atoms with Crippen LogP contribution in [0.3, 0.4) is 0 Å². The molecule has 0 saturated heterocycles. The van der Waals surface area contributed by atoms with E-state index in [1.807, 2.05) is 20.8 Å². The second kappa shape index (κ2) is 9.73. The number of primary amides is 1. The molecule has 0 spiro atoms. The second-order valence-corrected chi connectivity index (χ2v) is 10.1. The first-order valence-electron chi connectivity index (χ1n) is 12.1. The third-order valence-corrected chi connectivity index (χ3v) is 6.56. The normalized spacial score (nSPS) is 18.6. The molecule has 5 N–H and O–H groups in total. The van der Waals surface area contributed by atoms with Crippen LogP contribution in [0.4, 0.5) is 5.82 Å². The number of amides is 1. The number of ketones is 1. The van der Waals surface area contributed by atoms with E-state index in [0.29, 0.717) is 30.5 Å². The van der Waals surface area contributed by atoms with Gasteiger partial charge in [-0.15, -0.1) is 0 Å². The van der Waals surface area contributed by atoms with Gasteiger partial charge in [-0.2, -0.15) is 10.1 Å². The molecular weight excluding hydrogens is 450 g/mol. The molecule has 2 heterocycles. The maximum absolute atomic E-state index is 12.9. The van der Waals surface area contributed by atoms with Gasteiger partial charge in [-0.05, 0) is 43.9 Å². The number of hydrogen-bond acceptors (Lipinski definition) is 9. The summed E-state index contributed by atoms with van der Waals surface area (Å²) in [7, 11) is 0. The maximum atomic E-state index is 12.9. The smallest absolute Gasteiger partial charge is 0.343 e. The van der Waals surface area contributed by atoms with Gasteiger partial charge in [0.2, 0.25) is 0 Å². The molecular formula is C24H33N7O4. The molecule has 1 unspecified atom stereocenters. The Morgan fingerprint density at radius 3 is 2.63 bits per heavy atom. The van der Waals surface area contributed by atoms with E-state index in [1.165, 1.54) is 10.9 Å². The van der Waals surface area contributed by atoms with Crippen LogP contribution in [0.15, 0.2) is 6.20 Å². The van der Waals surface area contributed by atoms with Crippen LogP contribution in [0.25, 0.3) is 5.95 Å². The van der Waals surface area contributed by atoms with Crippen molar-refractivity contribution in [2.45, 2.75) is 84.4 Å². The zero-order valence-corrected chi connectivity index (χ0v) is 20.5. The van der Waals surface area contributed by atoms with Crippen molar-refractivity contribution in [3.05, 3.63) is 28.7 Å². The number of aromatic nitrogens is 4. The van der Waals surface area contributed by atoms with E-state index in [0.717, 1.165) is 37.8 Å². The van der Waals surface area contributed by atoms with Crippen LogP contribution >= 0.6 is 0 Å². The SMILES string of the molecule is CCc1nn(-c2ncc(C(N)=O)c(NC(N)C(=O)OC3CCCCC3)n2)c2c1C(=O)CC(C)(C)C2. The zero-order chi connectivity index (χ0) is 25.3. The molecule has 2 aromatic heterocycles. The number of esters is 1. The molecule has 2 aromatic rings. The summed E-state index contributed by atoms with van der Waals surface area (Å²) in [6.45, 7) is 5.98. The number of carbonyl (C=O) groups excluding carboxylic acids is 3. The van der Waals surface area contributed by atoms with Crippen molar-refractivity contribution in [2.24, 2.45) is 16.9 Å². The van der Waals surface area contributed by atoms with Crippen LogP contribution in [0.5, 0.6) is 0 Å². The van der Waals surface area contributed by atoms with Gasteiger partial charge in [0.05, 0.1) is 22.5 Å². The Kier molecular flexibility index (Phi) is 6.88. The van der Waals surface area contributed by atoms with E-state index in [2.05, 4.69) is 20.4 Å². The minimum atomic E-state index is -1.25. The Labute approximate surface area is 204 Å². The van der Waals surface area contributed by atoms with Crippen molar-refractivity contribution in [3.8, 4) is 5.95 Å². The number of rotatable bonds is 7. The quantitative estimate of drug-likeness (QED) is 0.394. The average Bonchev–Trinajstić information content (AvgIpc) is 3.17. The van der Waals surface area contributed by atoms with Crippen molar-refractivity contribution < 1.29 is 19.1 Å². The summed E-state index contributed by atoms with van der Waals surface area (Å²) in [6.07, 6.45) is 6.23. The average molecular weight is 484 g/mol. The summed E-state index contributed by atoms with van der Waals surface area (Å²) < 4.78 is 7.06. The molecule has 11 nitrogen and oxygen atoms in total. The van der Waals surface area contributed by atoms with Gasteiger partial charge in [0, 0.05) is 12.6 Å². The lowest BCUT2D eigenvalue weighted by Crippen LogP contribution is -2.42. The van der Waals surface area contributed by atoms with Crippen LogP contribution in [0.1, 0.15) is 91.4 Å². The third-order valence-electron chi connectivity index (χ3n) is 6.56. The van der Waals surface area contributed by atoms with Crippen LogP contribution in [-0.2, 0) is 22.4 Å². The monoisotopic (exact) mass is 483 g/mol. The van der Waals surface area contributed by atoms with E-state index in [9.17, 15) is 14.4 Å². The van der Waals surface area contributed by atoms with Crippen LogP contribution < -0.4 is 16.8 Å². The van der Waals surface area contributed by atoms with Gasteiger partial charge in [-0.3, -0.25) is 9.59 Å². The van der Waals surface area contributed by atoms with Gasteiger partial charge in [-0.1, -0.05) is 27.2 Å². The molecule has 0 bridgehead atoms. The molecule has 11 heteroatoms. The van der Waals surface area contributed by atoms with E-state index < -0.39 is 18.0 Å². The molecule has 2 aliphatic rings. The van der Waals surface area contributed by atoms with Crippen molar-refractivity contribution >= 4 is 23.5 Å². The molecule has 35 heavy (non-hydrogen) atoms. The number of ether oxygens (including phenoxy) is 1. The lowest BCUT2D eigenvalue weighted by Gasteiger charge is -2.29. The van der Waals surface area contributed by atoms with E-state index in [1.54, 1.807) is 0 Å². The Morgan fingerprint density at radius 2 is 1.97 bits per heavy atom. The Bertz CT molecular complexity index is 1150. The van der Waals surface area contributed by atoms with Crippen LogP contribution in [-0.4, -0.2) is 49.7 Å². The fourth-order valence-corrected chi connectivity index (χ4v) is 4.83. The second-order valence-electron chi connectivity index (χ2n) is 10.1. The molecule has 1 fully saturated rings.